The molecule has 0 aliphatic heterocycles. The van der Waals surface area contributed by atoms with Crippen molar-refractivity contribution in [2.75, 3.05) is 13.2 Å². The molecule has 3 rings (SSSR count). The van der Waals surface area contributed by atoms with Crippen molar-refractivity contribution in [3.05, 3.63) is 108 Å². The molecule has 0 aliphatic rings. The van der Waals surface area contributed by atoms with Crippen LogP contribution in [0.15, 0.2) is 91.0 Å². The lowest BCUT2D eigenvalue weighted by molar-refractivity contribution is -0.148. The molecule has 0 aromatic heterocycles. The molecule has 0 aliphatic carbocycles. The van der Waals surface area contributed by atoms with Gasteiger partial charge in [0.2, 0.25) is 0 Å². The molecular formula is C26H27NO3. The van der Waals surface area contributed by atoms with E-state index in [1.165, 1.54) is 11.1 Å². The predicted molar refractivity (Wildman–Crippen MR) is 118 cm³/mol. The highest BCUT2D eigenvalue weighted by Gasteiger charge is 2.14. The zero-order valence-electron chi connectivity index (χ0n) is 17.0. The van der Waals surface area contributed by atoms with Crippen LogP contribution >= 0.6 is 0 Å². The molecule has 30 heavy (non-hydrogen) atoms. The van der Waals surface area contributed by atoms with Gasteiger partial charge in [-0.15, -0.1) is 0 Å². The Kier molecular flexibility index (Phi) is 8.22. The Morgan fingerprint density at radius 3 is 1.87 bits per heavy atom. The van der Waals surface area contributed by atoms with E-state index in [9.17, 15) is 9.59 Å². The van der Waals surface area contributed by atoms with Gasteiger partial charge in [-0.25, -0.2) is 0 Å². The number of aryl methyl sites for hydroxylation is 1. The lowest BCUT2D eigenvalue weighted by Gasteiger charge is -2.18. The van der Waals surface area contributed by atoms with Crippen LogP contribution in [-0.2, 0) is 20.7 Å². The van der Waals surface area contributed by atoms with Gasteiger partial charge in [0.25, 0.3) is 5.91 Å². The van der Waals surface area contributed by atoms with Crippen LogP contribution in [0.3, 0.4) is 0 Å². The molecule has 4 heteroatoms. The third kappa shape index (κ3) is 6.89. The van der Waals surface area contributed by atoms with E-state index in [4.69, 9.17) is 4.74 Å². The molecule has 0 unspecified atom stereocenters. The summed E-state index contributed by atoms with van der Waals surface area (Å²) in [6.07, 6.45) is 1.64. The van der Waals surface area contributed by atoms with Gasteiger partial charge >= 0.3 is 5.97 Å². The Morgan fingerprint density at radius 2 is 1.30 bits per heavy atom. The fraction of sp³-hybridized carbons (Fsp3) is 0.231. The molecule has 0 heterocycles. The van der Waals surface area contributed by atoms with Crippen molar-refractivity contribution >= 4 is 11.9 Å². The summed E-state index contributed by atoms with van der Waals surface area (Å²) in [6.45, 7) is 0.268. The molecule has 3 aromatic carbocycles. The first-order valence-electron chi connectivity index (χ1n) is 10.3. The Balaban J connectivity index is 1.42. The van der Waals surface area contributed by atoms with Gasteiger partial charge < -0.3 is 10.1 Å². The summed E-state index contributed by atoms with van der Waals surface area (Å²) >= 11 is 0. The molecule has 1 N–H and O–H groups in total. The monoisotopic (exact) mass is 401 g/mol. The first-order chi connectivity index (χ1) is 14.7. The van der Waals surface area contributed by atoms with Crippen molar-refractivity contribution in [1.29, 1.82) is 0 Å². The largest absolute Gasteiger partial charge is 0.456 e. The van der Waals surface area contributed by atoms with E-state index >= 15 is 0 Å². The zero-order chi connectivity index (χ0) is 21.0. The maximum Gasteiger partial charge on any atom is 0.306 e. The minimum atomic E-state index is -0.361. The summed E-state index contributed by atoms with van der Waals surface area (Å²) in [7, 11) is 0. The van der Waals surface area contributed by atoms with Crippen molar-refractivity contribution in [3.8, 4) is 0 Å². The van der Waals surface area contributed by atoms with E-state index < -0.39 is 0 Å². The predicted octanol–water partition coefficient (Wildman–Crippen LogP) is 4.50. The van der Waals surface area contributed by atoms with E-state index in [1.54, 1.807) is 0 Å². The molecule has 1 amide bonds. The number of hydrogen-bond donors (Lipinski definition) is 1. The normalized spacial score (nSPS) is 10.6. The van der Waals surface area contributed by atoms with Crippen LogP contribution in [0.4, 0.5) is 0 Å². The van der Waals surface area contributed by atoms with Crippen LogP contribution in [0.2, 0.25) is 0 Å². The zero-order valence-corrected chi connectivity index (χ0v) is 17.0. The van der Waals surface area contributed by atoms with Crippen LogP contribution in [0.1, 0.15) is 35.4 Å². The van der Waals surface area contributed by atoms with Gasteiger partial charge in [0.1, 0.15) is 0 Å². The van der Waals surface area contributed by atoms with Crippen molar-refractivity contribution in [1.82, 2.24) is 5.32 Å². The third-order valence-corrected chi connectivity index (χ3v) is 4.98. The highest BCUT2D eigenvalue weighted by Crippen LogP contribution is 2.27. The summed E-state index contributed by atoms with van der Waals surface area (Å²) in [5, 5.41) is 2.87. The minimum Gasteiger partial charge on any atom is -0.456 e. The highest BCUT2D eigenvalue weighted by atomic mass is 16.5. The number of carbonyl (C=O) groups is 2. The Bertz CT molecular complexity index is 871. The fourth-order valence-corrected chi connectivity index (χ4v) is 3.41. The molecule has 0 spiro atoms. The molecule has 3 aromatic rings. The maximum absolute atomic E-state index is 12.1. The summed E-state index contributed by atoms with van der Waals surface area (Å²) in [4.78, 5) is 24.0. The second-order valence-corrected chi connectivity index (χ2v) is 7.16. The SMILES string of the molecule is O=C(COC(=O)CCc1ccccc1)NCCC(c1ccccc1)c1ccccc1. The summed E-state index contributed by atoms with van der Waals surface area (Å²) in [5.41, 5.74) is 3.50. The Hall–Kier alpha value is -3.40. The smallest absolute Gasteiger partial charge is 0.306 e. The van der Waals surface area contributed by atoms with E-state index in [0.717, 1.165) is 12.0 Å². The number of amides is 1. The molecule has 154 valence electrons. The van der Waals surface area contributed by atoms with Crippen LogP contribution in [-0.4, -0.2) is 25.0 Å². The van der Waals surface area contributed by atoms with Crippen LogP contribution in [0, 0.1) is 0 Å². The van der Waals surface area contributed by atoms with Crippen LogP contribution in [0.5, 0.6) is 0 Å². The van der Waals surface area contributed by atoms with Gasteiger partial charge in [0.15, 0.2) is 6.61 Å². The van der Waals surface area contributed by atoms with Crippen molar-refractivity contribution in [2.45, 2.75) is 25.2 Å². The second-order valence-electron chi connectivity index (χ2n) is 7.16. The van der Waals surface area contributed by atoms with Crippen molar-refractivity contribution < 1.29 is 14.3 Å². The van der Waals surface area contributed by atoms with E-state index in [2.05, 4.69) is 29.6 Å². The first kappa shape index (κ1) is 21.3. The molecule has 0 atom stereocenters. The number of nitrogens with one attached hydrogen (secondary N) is 1. The van der Waals surface area contributed by atoms with E-state index in [1.807, 2.05) is 66.7 Å². The molecule has 4 nitrogen and oxygen atoms in total. The van der Waals surface area contributed by atoms with Gasteiger partial charge in [0.05, 0.1) is 0 Å². The van der Waals surface area contributed by atoms with Crippen LogP contribution in [0.25, 0.3) is 0 Å². The van der Waals surface area contributed by atoms with Gasteiger partial charge in [0, 0.05) is 18.9 Å². The van der Waals surface area contributed by atoms with Gasteiger partial charge in [-0.2, -0.15) is 0 Å². The number of ether oxygens (including phenoxy) is 1. The first-order valence-corrected chi connectivity index (χ1v) is 10.3. The summed E-state index contributed by atoms with van der Waals surface area (Å²) in [6, 6.07) is 30.3. The molecule has 0 bridgehead atoms. The van der Waals surface area contributed by atoms with Crippen molar-refractivity contribution in [2.24, 2.45) is 0 Å². The lowest BCUT2D eigenvalue weighted by atomic mass is 9.88. The van der Waals surface area contributed by atoms with Crippen LogP contribution < -0.4 is 5.32 Å². The fourth-order valence-electron chi connectivity index (χ4n) is 3.41. The quantitative estimate of drug-likeness (QED) is 0.509. The van der Waals surface area contributed by atoms with E-state index in [-0.39, 0.29) is 30.8 Å². The maximum atomic E-state index is 12.1. The van der Waals surface area contributed by atoms with Crippen molar-refractivity contribution in [3.63, 3.8) is 0 Å². The molecular weight excluding hydrogens is 374 g/mol. The standard InChI is InChI=1S/C26H27NO3/c28-25(20-30-26(29)17-16-21-10-4-1-5-11-21)27-19-18-24(22-12-6-2-7-13-22)23-14-8-3-9-15-23/h1-15,24H,16-20H2,(H,27,28). The lowest BCUT2D eigenvalue weighted by Crippen LogP contribution is -2.30. The number of rotatable bonds is 10. The second kappa shape index (κ2) is 11.6. The Labute approximate surface area is 177 Å². The molecule has 0 fully saturated rings. The average Bonchev–Trinajstić information content (AvgIpc) is 2.81. The molecule has 0 saturated carbocycles. The van der Waals surface area contributed by atoms with E-state index in [0.29, 0.717) is 13.0 Å². The highest BCUT2D eigenvalue weighted by molar-refractivity contribution is 5.80. The van der Waals surface area contributed by atoms with Gasteiger partial charge in [-0.05, 0) is 29.5 Å². The number of esters is 1. The minimum absolute atomic E-state index is 0.195. The van der Waals surface area contributed by atoms with Gasteiger partial charge in [-0.3, -0.25) is 9.59 Å². The summed E-state index contributed by atoms with van der Waals surface area (Å²) < 4.78 is 5.10. The number of benzene rings is 3. The Morgan fingerprint density at radius 1 is 0.767 bits per heavy atom. The summed E-state index contributed by atoms with van der Waals surface area (Å²) in [5.74, 6) is -0.440. The number of hydrogen-bond acceptors (Lipinski definition) is 3. The molecule has 0 radical (unpaired) electrons. The number of carbonyl (C=O) groups excluding carboxylic acids is 2. The van der Waals surface area contributed by atoms with Gasteiger partial charge in [-0.1, -0.05) is 91.0 Å². The average molecular weight is 402 g/mol. The third-order valence-electron chi connectivity index (χ3n) is 4.98. The molecule has 0 saturated heterocycles. The topological polar surface area (TPSA) is 55.4 Å².